The molecular weight excluding hydrogens is 468 g/mol. The van der Waals surface area contributed by atoms with E-state index in [0.29, 0.717) is 18.7 Å². The number of rotatable bonds is 5. The quantitative estimate of drug-likeness (QED) is 0.382. The van der Waals surface area contributed by atoms with Crippen molar-refractivity contribution in [1.29, 1.82) is 0 Å². The summed E-state index contributed by atoms with van der Waals surface area (Å²) in [5.41, 5.74) is 3.38. The number of ether oxygens (including phenoxy) is 1. The number of benzene rings is 2. The van der Waals surface area contributed by atoms with Crippen molar-refractivity contribution in [1.82, 2.24) is 14.9 Å². The first-order valence-electron chi connectivity index (χ1n) is 12.7. The largest absolute Gasteiger partial charge is 0.497 e. The Kier molecular flexibility index (Phi) is 6.32. The predicted octanol–water partition coefficient (Wildman–Crippen LogP) is 5.13. The van der Waals surface area contributed by atoms with E-state index in [1.165, 1.54) is 34.2 Å². The fraction of sp³-hybridized carbons (Fsp3) is 0.345. The number of aryl methyl sites for hydroxylation is 2. The maximum absolute atomic E-state index is 13.1. The smallest absolute Gasteiger partial charge is 0.253 e. The molecule has 1 aliphatic heterocycles. The highest BCUT2D eigenvalue weighted by Crippen LogP contribution is 2.40. The second-order valence-corrected chi connectivity index (χ2v) is 10.6. The van der Waals surface area contributed by atoms with Crippen LogP contribution in [0, 0.1) is 0 Å². The lowest BCUT2D eigenvalue weighted by atomic mass is 9.96. The summed E-state index contributed by atoms with van der Waals surface area (Å²) >= 11 is 1.86. The minimum Gasteiger partial charge on any atom is -0.497 e. The van der Waals surface area contributed by atoms with E-state index in [2.05, 4.69) is 29.2 Å². The van der Waals surface area contributed by atoms with Gasteiger partial charge in [0, 0.05) is 43.0 Å². The molecule has 2 aliphatic rings. The fourth-order valence-corrected chi connectivity index (χ4v) is 6.58. The molecule has 1 fully saturated rings. The molecule has 0 bridgehead atoms. The maximum Gasteiger partial charge on any atom is 0.253 e. The van der Waals surface area contributed by atoms with Crippen molar-refractivity contribution in [3.05, 3.63) is 82.0 Å². The van der Waals surface area contributed by atoms with Gasteiger partial charge in [-0.3, -0.25) is 4.79 Å². The summed E-state index contributed by atoms with van der Waals surface area (Å²) in [6, 6.07) is 17.8. The van der Waals surface area contributed by atoms with Crippen LogP contribution in [-0.2, 0) is 19.3 Å². The van der Waals surface area contributed by atoms with Crippen molar-refractivity contribution in [2.45, 2.75) is 32.1 Å². The molecule has 6 rings (SSSR count). The van der Waals surface area contributed by atoms with E-state index in [1.54, 1.807) is 7.11 Å². The zero-order chi connectivity index (χ0) is 24.5. The first-order valence-corrected chi connectivity index (χ1v) is 13.5. The number of hydrogen-bond acceptors (Lipinski definition) is 6. The molecule has 1 saturated heterocycles. The third-order valence-corrected chi connectivity index (χ3v) is 8.44. The summed E-state index contributed by atoms with van der Waals surface area (Å²) in [5.74, 6) is 2.76. The number of carbonyl (C=O) groups excluding carboxylic acids is 1. The molecule has 1 aliphatic carbocycles. The third kappa shape index (κ3) is 4.44. The zero-order valence-corrected chi connectivity index (χ0v) is 21.4. The summed E-state index contributed by atoms with van der Waals surface area (Å²) in [7, 11) is 1.63. The number of carbonyl (C=O) groups is 1. The number of fused-ring (bicyclic) bond motifs is 3. The Morgan fingerprint density at radius 2 is 1.69 bits per heavy atom. The minimum absolute atomic E-state index is 0.0721. The van der Waals surface area contributed by atoms with Gasteiger partial charge in [0.15, 0.2) is 0 Å². The normalized spacial score (nSPS) is 15.7. The highest BCUT2D eigenvalue weighted by molar-refractivity contribution is 7.19. The van der Waals surface area contributed by atoms with E-state index in [4.69, 9.17) is 14.7 Å². The average molecular weight is 499 g/mol. The van der Waals surface area contributed by atoms with Crippen molar-refractivity contribution in [3.8, 4) is 5.75 Å². The molecule has 184 valence electrons. The van der Waals surface area contributed by atoms with Crippen molar-refractivity contribution >= 4 is 33.3 Å². The summed E-state index contributed by atoms with van der Waals surface area (Å²) < 4.78 is 5.23. The molecule has 0 saturated carbocycles. The van der Waals surface area contributed by atoms with Crippen LogP contribution >= 0.6 is 11.3 Å². The first-order chi connectivity index (χ1) is 17.7. The summed E-state index contributed by atoms with van der Waals surface area (Å²) in [5, 5.41) is 1.25. The zero-order valence-electron chi connectivity index (χ0n) is 20.6. The van der Waals surface area contributed by atoms with Gasteiger partial charge in [0.05, 0.1) is 12.5 Å². The third-order valence-electron chi connectivity index (χ3n) is 7.25. The predicted molar refractivity (Wildman–Crippen MR) is 144 cm³/mol. The molecule has 0 spiro atoms. The topological polar surface area (TPSA) is 58.6 Å². The molecule has 0 N–H and O–H groups in total. The number of anilines is 1. The van der Waals surface area contributed by atoms with E-state index in [-0.39, 0.29) is 5.91 Å². The van der Waals surface area contributed by atoms with Crippen LogP contribution in [0.15, 0.2) is 54.6 Å². The van der Waals surface area contributed by atoms with Crippen LogP contribution in [0.4, 0.5) is 5.82 Å². The Bertz CT molecular complexity index is 1380. The van der Waals surface area contributed by atoms with Crippen molar-refractivity contribution in [3.63, 3.8) is 0 Å². The molecule has 7 heteroatoms. The van der Waals surface area contributed by atoms with Crippen LogP contribution in [-0.4, -0.2) is 54.1 Å². The second kappa shape index (κ2) is 9.90. The summed E-state index contributed by atoms with van der Waals surface area (Å²) in [6.07, 6.45) is 5.47. The Hall–Kier alpha value is -3.45. The Morgan fingerprint density at radius 3 is 2.44 bits per heavy atom. The Balaban J connectivity index is 1.28. The molecule has 3 heterocycles. The van der Waals surface area contributed by atoms with Gasteiger partial charge >= 0.3 is 0 Å². The molecule has 2 aromatic carbocycles. The van der Waals surface area contributed by atoms with Crippen LogP contribution in [0.25, 0.3) is 10.2 Å². The highest BCUT2D eigenvalue weighted by Gasteiger charge is 2.28. The number of aromatic nitrogens is 2. The number of thiophene rings is 1. The van der Waals surface area contributed by atoms with Gasteiger partial charge in [-0.05, 0) is 61.1 Å². The molecule has 1 amide bonds. The van der Waals surface area contributed by atoms with Gasteiger partial charge in [0.1, 0.15) is 22.2 Å². The molecular formula is C29H30N4O2S. The van der Waals surface area contributed by atoms with Gasteiger partial charge in [-0.2, -0.15) is 0 Å². The molecule has 0 unspecified atom stereocenters. The molecule has 4 aromatic rings. The molecule has 0 radical (unpaired) electrons. The van der Waals surface area contributed by atoms with E-state index in [9.17, 15) is 4.79 Å². The lowest BCUT2D eigenvalue weighted by Gasteiger charge is -2.36. The molecule has 2 aromatic heterocycles. The van der Waals surface area contributed by atoms with E-state index in [0.717, 1.165) is 54.6 Å². The first kappa shape index (κ1) is 23.0. The van der Waals surface area contributed by atoms with Gasteiger partial charge in [0.2, 0.25) is 0 Å². The number of amides is 1. The fourth-order valence-electron chi connectivity index (χ4n) is 5.31. The molecule has 36 heavy (non-hydrogen) atoms. The van der Waals surface area contributed by atoms with Crippen LogP contribution < -0.4 is 9.64 Å². The average Bonchev–Trinajstić information content (AvgIpc) is 3.31. The number of nitrogens with zero attached hydrogens (tertiary/aromatic N) is 4. The van der Waals surface area contributed by atoms with E-state index < -0.39 is 0 Å². The monoisotopic (exact) mass is 498 g/mol. The number of piperazine rings is 1. The highest BCUT2D eigenvalue weighted by atomic mass is 32.1. The lowest BCUT2D eigenvalue weighted by Crippen LogP contribution is -2.49. The van der Waals surface area contributed by atoms with Crippen LogP contribution in [0.1, 0.15) is 45.0 Å². The van der Waals surface area contributed by atoms with Gasteiger partial charge in [-0.25, -0.2) is 9.97 Å². The van der Waals surface area contributed by atoms with Gasteiger partial charge in [-0.15, -0.1) is 11.3 Å². The summed E-state index contributed by atoms with van der Waals surface area (Å²) in [6.45, 7) is 2.89. The Morgan fingerprint density at radius 1 is 0.944 bits per heavy atom. The summed E-state index contributed by atoms with van der Waals surface area (Å²) in [4.78, 5) is 30.2. The number of methoxy groups -OCH3 is 1. The van der Waals surface area contributed by atoms with Crippen LogP contribution in [0.2, 0.25) is 0 Å². The van der Waals surface area contributed by atoms with Gasteiger partial charge in [0.25, 0.3) is 5.91 Å². The van der Waals surface area contributed by atoms with Crippen LogP contribution in [0.5, 0.6) is 5.75 Å². The second-order valence-electron chi connectivity index (χ2n) is 9.52. The van der Waals surface area contributed by atoms with Crippen molar-refractivity contribution < 1.29 is 9.53 Å². The van der Waals surface area contributed by atoms with Crippen molar-refractivity contribution in [2.75, 3.05) is 38.2 Å². The maximum atomic E-state index is 13.1. The lowest BCUT2D eigenvalue weighted by molar-refractivity contribution is 0.0746. The number of hydrogen-bond donors (Lipinski definition) is 0. The standard InChI is InChI=1S/C29H30N4O2S/c1-35-22-13-11-21(12-14-22)29(34)33-17-15-32(16-18-33)27-26-23-9-5-6-10-24(23)36-28(26)31-25(30-27)19-20-7-3-2-4-8-20/h2-4,7-8,11-14H,5-6,9-10,15-19H2,1H3. The van der Waals surface area contributed by atoms with E-state index in [1.807, 2.05) is 46.6 Å². The Labute approximate surface area is 215 Å². The van der Waals surface area contributed by atoms with Gasteiger partial charge < -0.3 is 14.5 Å². The minimum atomic E-state index is 0.0721. The molecule has 0 atom stereocenters. The van der Waals surface area contributed by atoms with Gasteiger partial charge in [-0.1, -0.05) is 30.3 Å². The van der Waals surface area contributed by atoms with Crippen molar-refractivity contribution in [2.24, 2.45) is 0 Å². The van der Waals surface area contributed by atoms with E-state index >= 15 is 0 Å². The molecule has 6 nitrogen and oxygen atoms in total. The van der Waals surface area contributed by atoms with Crippen LogP contribution in [0.3, 0.4) is 0 Å². The SMILES string of the molecule is COc1ccc(C(=O)N2CCN(c3nc(Cc4ccccc4)nc4sc5c(c34)CCCC5)CC2)cc1.